The predicted molar refractivity (Wildman–Crippen MR) is 266 cm³/mol. The van der Waals surface area contributed by atoms with E-state index in [1.807, 2.05) is 0 Å². The van der Waals surface area contributed by atoms with Crippen LogP contribution in [0.15, 0.2) is 71.8 Å². The Morgan fingerprint density at radius 3 is 2.08 bits per heavy atom. The molecular weight excluding hydrogens is 956 g/mol. The minimum absolute atomic E-state index is 0.00495. The van der Waals surface area contributed by atoms with Gasteiger partial charge >= 0.3 is 18.1 Å². The van der Waals surface area contributed by atoms with Crippen molar-refractivity contribution in [2.45, 2.75) is 137 Å². The molecule has 1 aliphatic heterocycles. The summed E-state index contributed by atoms with van der Waals surface area (Å²) in [5.41, 5.74) is 0.886. The molecule has 0 radical (unpaired) electrons. The minimum Gasteiger partial charge on any atom is -0.456 e. The van der Waals surface area contributed by atoms with Crippen molar-refractivity contribution >= 4 is 64.9 Å². The third kappa shape index (κ3) is 17.5. The molecule has 0 aliphatic carbocycles. The number of carbonyl (C=O) groups excluding carboxylic acids is 8. The van der Waals surface area contributed by atoms with Gasteiger partial charge in [0.15, 0.2) is 6.10 Å². The van der Waals surface area contributed by atoms with Crippen LogP contribution in [0.2, 0.25) is 5.02 Å². The lowest BCUT2D eigenvalue weighted by molar-refractivity contribution is -0.384. The fourth-order valence-electron chi connectivity index (χ4n) is 7.58. The molecule has 9 atom stereocenters. The molecule has 72 heavy (non-hydrogen) atoms. The number of nitrogens with one attached hydrogen (secondary N) is 3. The first-order valence-electron chi connectivity index (χ1n) is 23.8. The van der Waals surface area contributed by atoms with Crippen LogP contribution in [0.4, 0.5) is 10.5 Å². The van der Waals surface area contributed by atoms with Gasteiger partial charge < -0.3 is 44.7 Å². The Hall–Kier alpha value is -6.83. The van der Waals surface area contributed by atoms with Gasteiger partial charge in [-0.2, -0.15) is 0 Å². The summed E-state index contributed by atoms with van der Waals surface area (Å²) in [6.45, 7) is 15.8. The van der Waals surface area contributed by atoms with E-state index in [4.69, 9.17) is 30.5 Å². The molecule has 394 valence electrons. The van der Waals surface area contributed by atoms with Crippen molar-refractivity contribution < 1.29 is 62.2 Å². The number of allylic oxidation sites excluding steroid dienone is 1. The number of amides is 5. The van der Waals surface area contributed by atoms with Crippen molar-refractivity contribution in [3.63, 3.8) is 0 Å². The number of nitro benzene ring substituents is 1. The molecule has 21 heteroatoms. The number of hydrogen-bond donors (Lipinski definition) is 3. The number of nitro groups is 1. The lowest BCUT2D eigenvalue weighted by Crippen LogP contribution is -2.57. The number of likely N-dealkylation sites (N-methyl/N-ethyl adjacent to an activating group) is 2. The third-order valence-electron chi connectivity index (χ3n) is 12.4. The Kier molecular flexibility index (Phi) is 22.9. The molecule has 2 aromatic carbocycles. The van der Waals surface area contributed by atoms with E-state index in [2.05, 4.69) is 16.0 Å². The first-order valence-corrected chi connectivity index (χ1v) is 24.2. The average molecular weight is 1030 g/mol. The largest absolute Gasteiger partial charge is 0.514 e. The predicted octanol–water partition coefficient (Wildman–Crippen LogP) is 6.02. The number of ether oxygens (including phenoxy) is 4. The smallest absolute Gasteiger partial charge is 0.456 e. The molecule has 0 bridgehead atoms. The number of carbonyl (C=O) groups is 8. The molecule has 3 N–H and O–H groups in total. The standard InChI is InChI=1S/C51H69ClN6O14/c1-13-29(5)43-46(61)54-34(10)50(65)72-44(30(6)14-2)32(8)40(71-51(66)69-38-22-20-37(21-23-38)58(67)68)24-15-31(7)49(64)70-41(25-28(3)4)45(60)53-33(9)47(62)57(12)39(26-35-16-18-36(52)19-17-35)48(63)56(11)27-42(59)55-43/h14-23,28-29,32-34,39-41,43-44H,13,24-27H2,1-12H3,(H,53,60)(H,54,61)(H,55,59)/b30-14+,31-15+/t29-,32+,33+,34-,39-,40+,41-,43+,44-/m1/s1. The van der Waals surface area contributed by atoms with Gasteiger partial charge in [0.2, 0.25) is 23.6 Å². The normalized spacial score (nSPS) is 25.5. The van der Waals surface area contributed by atoms with Gasteiger partial charge in [0, 0.05) is 55.6 Å². The fraction of sp³-hybridized carbons (Fsp3) is 0.529. The summed E-state index contributed by atoms with van der Waals surface area (Å²) in [7, 11) is 2.76. The maximum Gasteiger partial charge on any atom is 0.514 e. The summed E-state index contributed by atoms with van der Waals surface area (Å²) in [4.78, 5) is 124. The fourth-order valence-corrected chi connectivity index (χ4v) is 7.70. The zero-order chi connectivity index (χ0) is 54.1. The topological polar surface area (TPSA) is 259 Å². The van der Waals surface area contributed by atoms with Gasteiger partial charge in [-0.15, -0.1) is 0 Å². The zero-order valence-electron chi connectivity index (χ0n) is 43.0. The van der Waals surface area contributed by atoms with Crippen LogP contribution in [0.25, 0.3) is 0 Å². The molecule has 2 aromatic rings. The van der Waals surface area contributed by atoms with Crippen molar-refractivity contribution in [1.82, 2.24) is 25.8 Å². The average Bonchev–Trinajstić information content (AvgIpc) is 3.33. The highest BCUT2D eigenvalue weighted by Gasteiger charge is 2.38. The molecule has 20 nitrogen and oxygen atoms in total. The van der Waals surface area contributed by atoms with E-state index in [1.165, 1.54) is 53.1 Å². The number of hydrogen-bond acceptors (Lipinski definition) is 14. The van der Waals surface area contributed by atoms with Crippen LogP contribution in [-0.2, 0) is 54.2 Å². The summed E-state index contributed by atoms with van der Waals surface area (Å²) in [6.07, 6.45) is -1.59. The lowest BCUT2D eigenvalue weighted by atomic mass is 9.90. The van der Waals surface area contributed by atoms with Crippen molar-refractivity contribution in [2.75, 3.05) is 20.6 Å². The number of esters is 2. The second-order valence-corrected chi connectivity index (χ2v) is 19.0. The molecule has 0 unspecified atom stereocenters. The van der Waals surface area contributed by atoms with Crippen molar-refractivity contribution in [3.05, 3.63) is 92.5 Å². The van der Waals surface area contributed by atoms with Crippen LogP contribution in [0, 0.1) is 27.9 Å². The highest BCUT2D eigenvalue weighted by atomic mass is 35.5. The van der Waals surface area contributed by atoms with Crippen LogP contribution in [0.3, 0.4) is 0 Å². The molecule has 0 spiro atoms. The van der Waals surface area contributed by atoms with Crippen LogP contribution >= 0.6 is 11.6 Å². The second kappa shape index (κ2) is 27.7. The molecule has 0 fully saturated rings. The van der Waals surface area contributed by atoms with E-state index in [9.17, 15) is 48.5 Å². The molecule has 0 saturated carbocycles. The van der Waals surface area contributed by atoms with Crippen molar-refractivity contribution in [2.24, 2.45) is 17.8 Å². The maximum absolute atomic E-state index is 14.3. The Bertz CT molecular complexity index is 2340. The molecule has 0 saturated heterocycles. The summed E-state index contributed by atoms with van der Waals surface area (Å²) < 4.78 is 22.9. The quantitative estimate of drug-likeness (QED) is 0.0614. The minimum atomic E-state index is -1.39. The molecule has 5 amide bonds. The van der Waals surface area contributed by atoms with E-state index in [0.717, 1.165) is 21.9 Å². The second-order valence-electron chi connectivity index (χ2n) is 18.5. The van der Waals surface area contributed by atoms with Gasteiger partial charge in [-0.25, -0.2) is 14.4 Å². The molecular formula is C51H69ClN6O14. The summed E-state index contributed by atoms with van der Waals surface area (Å²) >= 11 is 6.14. The van der Waals surface area contributed by atoms with Gasteiger partial charge in [-0.1, -0.05) is 76.9 Å². The summed E-state index contributed by atoms with van der Waals surface area (Å²) in [5, 5.41) is 19.6. The number of rotatable bonds is 10. The Morgan fingerprint density at radius 2 is 1.51 bits per heavy atom. The first-order chi connectivity index (χ1) is 33.8. The van der Waals surface area contributed by atoms with Crippen molar-refractivity contribution in [3.8, 4) is 5.75 Å². The van der Waals surface area contributed by atoms with Crippen LogP contribution < -0.4 is 20.7 Å². The summed E-state index contributed by atoms with van der Waals surface area (Å²) in [5.74, 6) is -6.94. The first kappa shape index (κ1) is 59.5. The van der Waals surface area contributed by atoms with Crippen molar-refractivity contribution in [1.29, 1.82) is 0 Å². The third-order valence-corrected chi connectivity index (χ3v) is 12.6. The van der Waals surface area contributed by atoms with Gasteiger partial charge in [0.1, 0.15) is 42.1 Å². The Morgan fingerprint density at radius 1 is 0.903 bits per heavy atom. The number of nitrogens with zero attached hydrogens (tertiary/aromatic N) is 3. The van der Waals surface area contributed by atoms with Crippen LogP contribution in [-0.4, -0.2) is 125 Å². The number of benzene rings is 2. The highest BCUT2D eigenvalue weighted by Crippen LogP contribution is 2.27. The van der Waals surface area contributed by atoms with Crippen LogP contribution in [0.5, 0.6) is 5.75 Å². The van der Waals surface area contributed by atoms with E-state index < -0.39 is 113 Å². The molecule has 3 rings (SSSR count). The molecule has 1 aliphatic rings. The number of halogens is 1. The van der Waals surface area contributed by atoms with Gasteiger partial charge in [0.25, 0.3) is 11.6 Å². The van der Waals surface area contributed by atoms with Crippen LogP contribution in [0.1, 0.15) is 94.1 Å². The van der Waals surface area contributed by atoms with Gasteiger partial charge in [-0.05, 0) is 88.3 Å². The van der Waals surface area contributed by atoms with E-state index in [1.54, 1.807) is 78.8 Å². The monoisotopic (exact) mass is 1020 g/mol. The zero-order valence-corrected chi connectivity index (χ0v) is 43.8. The number of non-ortho nitro benzene ring substituents is 1. The highest BCUT2D eigenvalue weighted by molar-refractivity contribution is 6.30. The van der Waals surface area contributed by atoms with Gasteiger partial charge in [0.05, 0.1) is 11.5 Å². The molecule has 1 heterocycles. The van der Waals surface area contributed by atoms with Gasteiger partial charge in [-0.3, -0.25) is 34.1 Å². The number of cyclic esters (lactones) is 2. The SMILES string of the molecule is C/C=C(\C)[C@H]1OC(=O)[C@@H](C)NC(=O)[C@H]([C@H](C)CC)NC(=O)CN(C)C(=O)[C@@H](Cc2ccc(Cl)cc2)N(C)C(=O)[C@H](C)NC(=O)[C@@H](CC(C)C)OC(=O)/C(C)=C/C[C@H](OC(=O)Oc2ccc([N+](=O)[O-])cc2)[C@@H]1C. The lowest BCUT2D eigenvalue weighted by Gasteiger charge is -2.33. The Balaban J connectivity index is 2.14. The molecule has 0 aromatic heterocycles. The Labute approximate surface area is 425 Å². The maximum atomic E-state index is 14.3. The van der Waals surface area contributed by atoms with E-state index in [-0.39, 0.29) is 42.2 Å². The summed E-state index contributed by atoms with van der Waals surface area (Å²) in [6, 6.07) is 6.36. The van der Waals surface area contributed by atoms with E-state index >= 15 is 0 Å². The van der Waals surface area contributed by atoms with E-state index in [0.29, 0.717) is 22.6 Å².